The van der Waals surface area contributed by atoms with Crippen molar-refractivity contribution in [3.8, 4) is 11.5 Å². The molecule has 4 rings (SSSR count). The molecule has 2 aromatic heterocycles. The zero-order valence-electron chi connectivity index (χ0n) is 21.3. The van der Waals surface area contributed by atoms with Crippen LogP contribution in [-0.2, 0) is 41.3 Å². The summed E-state index contributed by atoms with van der Waals surface area (Å²) < 4.78 is 8.34. The molecule has 0 bridgehead atoms. The number of hydrogen-bond acceptors (Lipinski definition) is 8. The quantitative estimate of drug-likeness (QED) is 0.211. The highest BCUT2D eigenvalue weighted by molar-refractivity contribution is 6.00. The lowest BCUT2D eigenvalue weighted by Crippen LogP contribution is -2.07. The van der Waals surface area contributed by atoms with Gasteiger partial charge in [0.15, 0.2) is 12.6 Å². The number of hydrogen-bond donors (Lipinski definition) is 3. The number of aliphatic carboxylic acids is 1. The van der Waals surface area contributed by atoms with Gasteiger partial charge >= 0.3 is 11.9 Å². The number of fused-ring (bicyclic) bond motifs is 2. The van der Waals surface area contributed by atoms with Crippen molar-refractivity contribution < 1.29 is 39.2 Å². The fourth-order valence-electron chi connectivity index (χ4n) is 4.27. The number of aromatic nitrogens is 3. The molecule has 39 heavy (non-hydrogen) atoms. The third-order valence-corrected chi connectivity index (χ3v) is 6.15. The van der Waals surface area contributed by atoms with Crippen molar-refractivity contribution in [3.63, 3.8) is 0 Å². The van der Waals surface area contributed by atoms with Crippen LogP contribution in [-0.4, -0.2) is 60.6 Å². The number of carbonyl (C=O) groups excluding carboxylic acids is 3. The minimum absolute atomic E-state index is 0. The number of phenolic OH excluding ortho intramolecular Hbond substituents is 2. The lowest BCUT2D eigenvalue weighted by atomic mass is 10.1. The van der Waals surface area contributed by atoms with Crippen LogP contribution in [0.4, 0.5) is 0 Å². The number of carboxylic acids is 1. The van der Waals surface area contributed by atoms with Crippen molar-refractivity contribution in [1.29, 1.82) is 0 Å². The Morgan fingerprint density at radius 2 is 1.54 bits per heavy atom. The maximum atomic E-state index is 11.4. The van der Waals surface area contributed by atoms with Gasteiger partial charge in [0.25, 0.3) is 0 Å². The smallest absolute Gasteiger partial charge is 0.306 e. The lowest BCUT2D eigenvalue weighted by Gasteiger charge is -2.05. The molecule has 0 aliphatic rings. The predicted octanol–water partition coefficient (Wildman–Crippen LogP) is 3.94. The molecule has 0 unspecified atom stereocenters. The second-order valence-corrected chi connectivity index (χ2v) is 8.52. The van der Waals surface area contributed by atoms with Crippen LogP contribution in [0.25, 0.3) is 21.9 Å². The molecular formula is C28H33N3O8. The van der Waals surface area contributed by atoms with Gasteiger partial charge in [-0.3, -0.25) is 19.2 Å². The molecule has 208 valence electrons. The van der Waals surface area contributed by atoms with Gasteiger partial charge in [0.05, 0.1) is 47.1 Å². The first-order chi connectivity index (χ1) is 18.1. The Labute approximate surface area is 225 Å². The Bertz CT molecular complexity index is 1520. The molecule has 0 fully saturated rings. The zero-order valence-corrected chi connectivity index (χ0v) is 21.3. The van der Waals surface area contributed by atoms with Crippen LogP contribution in [0.2, 0.25) is 0 Å². The van der Waals surface area contributed by atoms with E-state index in [-0.39, 0.29) is 48.9 Å². The van der Waals surface area contributed by atoms with E-state index in [1.54, 1.807) is 42.3 Å². The van der Waals surface area contributed by atoms with Crippen molar-refractivity contribution in [2.45, 2.75) is 40.0 Å². The van der Waals surface area contributed by atoms with E-state index in [0.29, 0.717) is 54.4 Å². The van der Waals surface area contributed by atoms with Gasteiger partial charge < -0.3 is 29.2 Å². The molecule has 0 aliphatic heterocycles. The number of benzene rings is 2. The molecule has 3 N–H and O–H groups in total. The van der Waals surface area contributed by atoms with Crippen molar-refractivity contribution in [2.75, 3.05) is 6.61 Å². The molecule has 0 amide bonds. The first kappa shape index (κ1) is 30.6. The van der Waals surface area contributed by atoms with Crippen LogP contribution in [0, 0.1) is 0 Å². The summed E-state index contributed by atoms with van der Waals surface area (Å²) in [5.41, 5.74) is 3.08. The summed E-state index contributed by atoms with van der Waals surface area (Å²) in [6, 6.07) is 8.10. The van der Waals surface area contributed by atoms with Gasteiger partial charge in [-0.15, -0.1) is 0 Å². The van der Waals surface area contributed by atoms with E-state index < -0.39 is 5.97 Å². The zero-order chi connectivity index (χ0) is 28.0. The average molecular weight is 540 g/mol. The van der Waals surface area contributed by atoms with Gasteiger partial charge in [0.2, 0.25) is 0 Å². The Balaban J connectivity index is 0.000000268. The van der Waals surface area contributed by atoms with Crippen molar-refractivity contribution in [3.05, 3.63) is 53.0 Å². The monoisotopic (exact) mass is 539 g/mol. The van der Waals surface area contributed by atoms with Crippen molar-refractivity contribution in [1.82, 2.24) is 14.1 Å². The van der Waals surface area contributed by atoms with Gasteiger partial charge in [-0.2, -0.15) is 0 Å². The highest BCUT2D eigenvalue weighted by Crippen LogP contribution is 2.29. The van der Waals surface area contributed by atoms with Crippen molar-refractivity contribution in [2.24, 2.45) is 14.1 Å². The summed E-state index contributed by atoms with van der Waals surface area (Å²) in [4.78, 5) is 48.4. The van der Waals surface area contributed by atoms with E-state index in [4.69, 9.17) is 9.84 Å². The van der Waals surface area contributed by atoms with E-state index >= 15 is 0 Å². The summed E-state index contributed by atoms with van der Waals surface area (Å²) in [6.45, 7) is 2.11. The Morgan fingerprint density at radius 3 is 2.13 bits per heavy atom. The minimum Gasteiger partial charge on any atom is -0.507 e. The van der Waals surface area contributed by atoms with E-state index in [1.165, 1.54) is 12.1 Å². The van der Waals surface area contributed by atoms with Crippen LogP contribution in [0.5, 0.6) is 11.5 Å². The fourth-order valence-corrected chi connectivity index (χ4v) is 4.27. The number of phenols is 2. The number of esters is 1. The molecule has 0 atom stereocenters. The van der Waals surface area contributed by atoms with Crippen LogP contribution in [0.3, 0.4) is 0 Å². The molecule has 0 radical (unpaired) electrons. The summed E-state index contributed by atoms with van der Waals surface area (Å²) in [7, 11) is 3.51. The number of aromatic hydroxyl groups is 2. The van der Waals surface area contributed by atoms with Gasteiger partial charge in [0.1, 0.15) is 17.3 Å². The number of imidazole rings is 1. The predicted molar refractivity (Wildman–Crippen MR) is 145 cm³/mol. The number of carboxylic acid groups (broad SMARTS) is 1. The molecule has 0 aliphatic carbocycles. The molecule has 2 aromatic carbocycles. The third kappa shape index (κ3) is 6.61. The van der Waals surface area contributed by atoms with E-state index in [1.807, 2.05) is 6.07 Å². The van der Waals surface area contributed by atoms with Gasteiger partial charge in [-0.05, 0) is 43.7 Å². The van der Waals surface area contributed by atoms with E-state index in [2.05, 4.69) is 4.98 Å². The Hall–Kier alpha value is -4.67. The number of aryl methyl sites for hydroxylation is 4. The summed E-state index contributed by atoms with van der Waals surface area (Å²) in [6.07, 6.45) is 2.29. The average Bonchev–Trinajstić information content (AvgIpc) is 3.38. The van der Waals surface area contributed by atoms with Gasteiger partial charge in [0, 0.05) is 31.6 Å². The molecule has 11 heteroatoms. The number of rotatable bonds is 9. The van der Waals surface area contributed by atoms with Crippen molar-refractivity contribution >= 4 is 46.4 Å². The van der Waals surface area contributed by atoms with Crippen LogP contribution >= 0.6 is 0 Å². The summed E-state index contributed by atoms with van der Waals surface area (Å²) in [5, 5.41) is 28.8. The molecule has 2 heterocycles. The van der Waals surface area contributed by atoms with Crippen LogP contribution in [0.15, 0.2) is 30.3 Å². The first-order valence-corrected chi connectivity index (χ1v) is 11.9. The van der Waals surface area contributed by atoms with Gasteiger partial charge in [-0.25, -0.2) is 4.98 Å². The largest absolute Gasteiger partial charge is 0.507 e. The highest BCUT2D eigenvalue weighted by atomic mass is 16.5. The number of ether oxygens (including phenoxy) is 1. The maximum Gasteiger partial charge on any atom is 0.306 e. The summed E-state index contributed by atoms with van der Waals surface area (Å²) >= 11 is 0. The number of carbonyl (C=O) groups is 4. The lowest BCUT2D eigenvalue weighted by molar-refractivity contribution is -0.143. The topological polar surface area (TPSA) is 161 Å². The minimum atomic E-state index is -0.862. The normalized spacial score (nSPS) is 10.4. The third-order valence-electron chi connectivity index (χ3n) is 6.15. The summed E-state index contributed by atoms with van der Waals surface area (Å²) in [5.74, 6) is -0.616. The molecular weight excluding hydrogens is 506 g/mol. The second-order valence-electron chi connectivity index (χ2n) is 8.52. The highest BCUT2D eigenvalue weighted by Gasteiger charge is 2.16. The Kier molecular flexibility index (Phi) is 10.4. The fraction of sp³-hybridized carbons (Fsp3) is 0.321. The SMILES string of the molecule is C.CCOC(=O)CCc1nc2ccc(O)c(C=O)c2n1C.Cn1c(CCC(=O)O)cc2ccc(O)c(C=O)c21. The van der Waals surface area contributed by atoms with Crippen LogP contribution < -0.4 is 0 Å². The van der Waals surface area contributed by atoms with Gasteiger partial charge in [-0.1, -0.05) is 7.43 Å². The maximum absolute atomic E-state index is 11.4. The van der Waals surface area contributed by atoms with E-state index in [0.717, 1.165) is 11.1 Å². The van der Waals surface area contributed by atoms with E-state index in [9.17, 15) is 29.4 Å². The number of nitrogens with zero attached hydrogens (tertiary/aromatic N) is 3. The van der Waals surface area contributed by atoms with Crippen LogP contribution in [0.1, 0.15) is 59.4 Å². The molecule has 0 saturated carbocycles. The standard InChI is InChI=1S/C14H16N2O4.C13H13NO4.CH4/c1-3-20-13(19)7-6-12-15-10-4-5-11(18)9(8-17)14(10)16(12)2;1-14-9(3-5-12(17)18)6-8-2-4-11(16)10(7-15)13(8)14;/h4-5,8,18H,3,6-7H2,1-2H3;2,4,6-7,16H,3,5H2,1H3,(H,17,18);1H4. The first-order valence-electron chi connectivity index (χ1n) is 11.9. The molecule has 11 nitrogen and oxygen atoms in total. The molecule has 0 spiro atoms. The Morgan fingerprint density at radius 1 is 0.923 bits per heavy atom. The molecule has 4 aromatic rings. The second kappa shape index (κ2) is 13.2. The molecule has 0 saturated heterocycles. The number of aldehydes is 2.